The van der Waals surface area contributed by atoms with Crippen molar-refractivity contribution in [3.63, 3.8) is 0 Å². The Morgan fingerprint density at radius 2 is 1.90 bits per heavy atom. The van der Waals surface area contributed by atoms with E-state index in [-0.39, 0.29) is 11.9 Å². The van der Waals surface area contributed by atoms with Gasteiger partial charge in [0.1, 0.15) is 17.1 Å². The van der Waals surface area contributed by atoms with E-state index in [4.69, 9.17) is 9.47 Å². The van der Waals surface area contributed by atoms with Gasteiger partial charge in [-0.2, -0.15) is 0 Å². The lowest BCUT2D eigenvalue weighted by atomic mass is 10.1. The van der Waals surface area contributed by atoms with Crippen molar-refractivity contribution in [2.75, 3.05) is 34.4 Å². The van der Waals surface area contributed by atoms with Crippen LogP contribution < -0.4 is 14.8 Å². The molecule has 1 aliphatic heterocycles. The fourth-order valence-electron chi connectivity index (χ4n) is 2.44. The summed E-state index contributed by atoms with van der Waals surface area (Å²) in [5.74, 6) is 0.690. The van der Waals surface area contributed by atoms with Gasteiger partial charge in [0, 0.05) is 20.1 Å². The summed E-state index contributed by atoms with van der Waals surface area (Å²) in [6.07, 6.45) is -0.565. The second-order valence-electron chi connectivity index (χ2n) is 4.75. The molecule has 0 spiro atoms. The van der Waals surface area contributed by atoms with Crippen LogP contribution in [0.2, 0.25) is 0 Å². The number of methoxy groups -OCH3 is 2. The van der Waals surface area contributed by atoms with E-state index in [1.54, 1.807) is 25.2 Å². The lowest BCUT2D eigenvalue weighted by Gasteiger charge is -2.27. The number of aliphatic hydroxyl groups is 1. The number of hydrogen-bond donors (Lipinski definition) is 2. The van der Waals surface area contributed by atoms with Gasteiger partial charge in [0.25, 0.3) is 5.91 Å². The van der Waals surface area contributed by atoms with E-state index in [9.17, 15) is 9.90 Å². The highest BCUT2D eigenvalue weighted by Crippen LogP contribution is 2.30. The molecule has 1 fully saturated rings. The summed E-state index contributed by atoms with van der Waals surface area (Å²) in [7, 11) is 4.70. The minimum Gasteiger partial charge on any atom is -0.496 e. The first-order valence-electron chi connectivity index (χ1n) is 6.47. The van der Waals surface area contributed by atoms with Crippen LogP contribution in [-0.2, 0) is 0 Å². The zero-order chi connectivity index (χ0) is 14.7. The number of rotatable bonds is 4. The highest BCUT2D eigenvalue weighted by molar-refractivity contribution is 5.99. The summed E-state index contributed by atoms with van der Waals surface area (Å²) in [5, 5.41) is 12.9. The SMILES string of the molecule is COc1cccc(OC)c1C(=O)N(C)[C@H]1CNC[C@@H]1O. The fourth-order valence-corrected chi connectivity index (χ4v) is 2.44. The Hall–Kier alpha value is -1.79. The highest BCUT2D eigenvalue weighted by Gasteiger charge is 2.33. The number of hydrogen-bond acceptors (Lipinski definition) is 5. The van der Waals surface area contributed by atoms with Crippen LogP contribution in [0.4, 0.5) is 0 Å². The molecule has 6 heteroatoms. The Morgan fingerprint density at radius 1 is 1.30 bits per heavy atom. The number of ether oxygens (including phenoxy) is 2. The molecule has 1 saturated heterocycles. The molecular weight excluding hydrogens is 260 g/mol. The van der Waals surface area contributed by atoms with Crippen LogP contribution in [0.3, 0.4) is 0 Å². The number of carbonyl (C=O) groups is 1. The van der Waals surface area contributed by atoms with Crippen LogP contribution in [0.5, 0.6) is 11.5 Å². The first-order chi connectivity index (χ1) is 9.60. The molecule has 20 heavy (non-hydrogen) atoms. The van der Waals surface area contributed by atoms with E-state index in [1.165, 1.54) is 19.1 Å². The molecule has 0 bridgehead atoms. The molecule has 0 radical (unpaired) electrons. The molecule has 0 unspecified atom stereocenters. The van der Waals surface area contributed by atoms with E-state index in [1.807, 2.05) is 0 Å². The average molecular weight is 280 g/mol. The van der Waals surface area contributed by atoms with Gasteiger partial charge in [0.05, 0.1) is 26.4 Å². The average Bonchev–Trinajstić information content (AvgIpc) is 2.90. The third-order valence-electron chi connectivity index (χ3n) is 3.61. The predicted octanol–water partition coefficient (Wildman–Crippen LogP) is 0.108. The van der Waals surface area contributed by atoms with E-state index in [0.717, 1.165) is 0 Å². The molecule has 1 aromatic carbocycles. The number of nitrogens with zero attached hydrogens (tertiary/aromatic N) is 1. The lowest BCUT2D eigenvalue weighted by Crippen LogP contribution is -2.44. The quantitative estimate of drug-likeness (QED) is 0.819. The van der Waals surface area contributed by atoms with Crippen molar-refractivity contribution in [3.8, 4) is 11.5 Å². The summed E-state index contributed by atoms with van der Waals surface area (Å²) in [6, 6.07) is 4.94. The van der Waals surface area contributed by atoms with Gasteiger partial charge in [-0.3, -0.25) is 4.79 Å². The summed E-state index contributed by atoms with van der Waals surface area (Å²) in [5.41, 5.74) is 0.374. The Morgan fingerprint density at radius 3 is 2.35 bits per heavy atom. The molecule has 0 saturated carbocycles. The summed E-state index contributed by atoms with van der Waals surface area (Å²) in [4.78, 5) is 14.2. The molecule has 1 heterocycles. The second kappa shape index (κ2) is 6.11. The largest absolute Gasteiger partial charge is 0.496 e. The Bertz CT molecular complexity index is 470. The molecule has 1 aliphatic rings. The third kappa shape index (κ3) is 2.57. The van der Waals surface area contributed by atoms with Gasteiger partial charge in [0.15, 0.2) is 0 Å². The van der Waals surface area contributed by atoms with Crippen molar-refractivity contribution < 1.29 is 19.4 Å². The smallest absolute Gasteiger partial charge is 0.261 e. The molecule has 0 aliphatic carbocycles. The van der Waals surface area contributed by atoms with Gasteiger partial charge >= 0.3 is 0 Å². The van der Waals surface area contributed by atoms with Gasteiger partial charge < -0.3 is 24.8 Å². The van der Waals surface area contributed by atoms with E-state index in [2.05, 4.69) is 5.32 Å². The van der Waals surface area contributed by atoms with Crippen LogP contribution in [0.15, 0.2) is 18.2 Å². The van der Waals surface area contributed by atoms with Gasteiger partial charge in [0.2, 0.25) is 0 Å². The number of nitrogens with one attached hydrogen (secondary N) is 1. The zero-order valence-electron chi connectivity index (χ0n) is 11.9. The Kier molecular flexibility index (Phi) is 4.46. The van der Waals surface area contributed by atoms with Crippen LogP contribution in [0.1, 0.15) is 10.4 Å². The number of likely N-dealkylation sites (N-methyl/N-ethyl adjacent to an activating group) is 1. The number of amides is 1. The maximum atomic E-state index is 12.7. The number of β-amino-alcohol motifs (C(OH)–C–C–N with tert-alkyl or cyclic N) is 1. The normalized spacial score (nSPS) is 21.6. The van der Waals surface area contributed by atoms with Crippen molar-refractivity contribution in [1.29, 1.82) is 0 Å². The van der Waals surface area contributed by atoms with Gasteiger partial charge in [-0.05, 0) is 12.1 Å². The zero-order valence-corrected chi connectivity index (χ0v) is 11.9. The molecule has 1 amide bonds. The third-order valence-corrected chi connectivity index (χ3v) is 3.61. The van der Waals surface area contributed by atoms with Gasteiger partial charge in [-0.15, -0.1) is 0 Å². The minimum absolute atomic E-state index is 0.230. The van der Waals surface area contributed by atoms with Crippen LogP contribution >= 0.6 is 0 Å². The Labute approximate surface area is 118 Å². The van der Waals surface area contributed by atoms with Gasteiger partial charge in [-0.1, -0.05) is 6.07 Å². The van der Waals surface area contributed by atoms with E-state index < -0.39 is 6.10 Å². The summed E-state index contributed by atoms with van der Waals surface area (Å²) in [6.45, 7) is 1.06. The van der Waals surface area contributed by atoms with Gasteiger partial charge in [-0.25, -0.2) is 0 Å². The van der Waals surface area contributed by atoms with Crippen molar-refractivity contribution in [2.45, 2.75) is 12.1 Å². The molecule has 110 valence electrons. The van der Waals surface area contributed by atoms with Crippen molar-refractivity contribution >= 4 is 5.91 Å². The van der Waals surface area contributed by atoms with Crippen molar-refractivity contribution in [2.24, 2.45) is 0 Å². The lowest BCUT2D eigenvalue weighted by molar-refractivity contribution is 0.0575. The molecule has 1 aromatic rings. The standard InChI is InChI=1S/C14H20N2O4/c1-16(9-7-15-8-10(9)17)14(18)13-11(19-2)5-4-6-12(13)20-3/h4-6,9-10,15,17H,7-8H2,1-3H3/t9-,10-/m0/s1. The van der Waals surface area contributed by atoms with Crippen molar-refractivity contribution in [3.05, 3.63) is 23.8 Å². The van der Waals surface area contributed by atoms with E-state index in [0.29, 0.717) is 30.2 Å². The second-order valence-corrected chi connectivity index (χ2v) is 4.75. The molecule has 2 N–H and O–H groups in total. The minimum atomic E-state index is -0.565. The molecule has 6 nitrogen and oxygen atoms in total. The molecular formula is C14H20N2O4. The van der Waals surface area contributed by atoms with Crippen LogP contribution in [0.25, 0.3) is 0 Å². The number of carbonyl (C=O) groups excluding carboxylic acids is 1. The molecule has 2 atom stereocenters. The molecule has 0 aromatic heterocycles. The number of benzene rings is 1. The fraction of sp³-hybridized carbons (Fsp3) is 0.500. The highest BCUT2D eigenvalue weighted by atomic mass is 16.5. The van der Waals surface area contributed by atoms with E-state index >= 15 is 0 Å². The first kappa shape index (κ1) is 14.6. The first-order valence-corrected chi connectivity index (χ1v) is 6.47. The van der Waals surface area contributed by atoms with Crippen LogP contribution in [-0.4, -0.2) is 62.4 Å². The summed E-state index contributed by atoms with van der Waals surface area (Å²) < 4.78 is 10.5. The molecule has 2 rings (SSSR count). The summed E-state index contributed by atoms with van der Waals surface area (Å²) >= 11 is 0. The van der Waals surface area contributed by atoms with Crippen LogP contribution in [0, 0.1) is 0 Å². The Balaban J connectivity index is 2.32. The maximum Gasteiger partial charge on any atom is 0.261 e. The monoisotopic (exact) mass is 280 g/mol. The maximum absolute atomic E-state index is 12.7. The van der Waals surface area contributed by atoms with Crippen molar-refractivity contribution in [1.82, 2.24) is 10.2 Å². The topological polar surface area (TPSA) is 71.0 Å². The number of aliphatic hydroxyl groups excluding tert-OH is 1. The predicted molar refractivity (Wildman–Crippen MR) is 74.3 cm³/mol.